The average molecular weight is 270 g/mol. The maximum absolute atomic E-state index is 6.10. The SMILES string of the molecule is C=CC[Si](CC=C)(CC=C)OC=Cc1ccccc1. The zero-order valence-electron chi connectivity index (χ0n) is 11.4. The smallest absolute Gasteiger partial charge is 0.261 e. The van der Waals surface area contributed by atoms with Crippen LogP contribution in [0.4, 0.5) is 0 Å². The molecule has 19 heavy (non-hydrogen) atoms. The highest BCUT2D eigenvalue weighted by Crippen LogP contribution is 2.24. The van der Waals surface area contributed by atoms with Crippen molar-refractivity contribution < 1.29 is 4.43 Å². The monoisotopic (exact) mass is 270 g/mol. The van der Waals surface area contributed by atoms with Crippen LogP contribution in [0.2, 0.25) is 18.1 Å². The molecule has 0 bridgehead atoms. The van der Waals surface area contributed by atoms with Gasteiger partial charge in [-0.1, -0.05) is 48.6 Å². The van der Waals surface area contributed by atoms with Gasteiger partial charge in [0.05, 0.1) is 6.26 Å². The van der Waals surface area contributed by atoms with Crippen LogP contribution in [0.3, 0.4) is 0 Å². The van der Waals surface area contributed by atoms with Crippen molar-refractivity contribution in [2.75, 3.05) is 0 Å². The minimum Gasteiger partial charge on any atom is -0.548 e. The predicted molar refractivity (Wildman–Crippen MR) is 87.3 cm³/mol. The van der Waals surface area contributed by atoms with Gasteiger partial charge in [-0.15, -0.1) is 19.7 Å². The summed E-state index contributed by atoms with van der Waals surface area (Å²) in [5.41, 5.74) is 1.14. The van der Waals surface area contributed by atoms with Crippen molar-refractivity contribution in [2.24, 2.45) is 0 Å². The minimum absolute atomic E-state index is 0.907. The second-order valence-corrected chi connectivity index (χ2v) is 8.32. The van der Waals surface area contributed by atoms with Crippen molar-refractivity contribution in [3.63, 3.8) is 0 Å². The molecule has 0 N–H and O–H groups in total. The molecular weight excluding hydrogens is 248 g/mol. The van der Waals surface area contributed by atoms with E-state index in [2.05, 4.69) is 31.9 Å². The molecule has 1 nitrogen and oxygen atoms in total. The molecule has 0 spiro atoms. The van der Waals surface area contributed by atoms with E-state index in [4.69, 9.17) is 4.43 Å². The van der Waals surface area contributed by atoms with Crippen LogP contribution in [0.15, 0.2) is 74.6 Å². The van der Waals surface area contributed by atoms with Crippen molar-refractivity contribution in [1.82, 2.24) is 0 Å². The fourth-order valence-electron chi connectivity index (χ4n) is 2.00. The molecule has 1 rings (SSSR count). The Morgan fingerprint density at radius 1 is 0.895 bits per heavy atom. The minimum atomic E-state index is -1.89. The molecule has 0 saturated carbocycles. The van der Waals surface area contributed by atoms with Gasteiger partial charge in [-0.05, 0) is 29.8 Å². The lowest BCUT2D eigenvalue weighted by Crippen LogP contribution is -2.34. The summed E-state index contributed by atoms with van der Waals surface area (Å²) in [5.74, 6) is 0. The van der Waals surface area contributed by atoms with Crippen molar-refractivity contribution in [1.29, 1.82) is 0 Å². The Bertz CT molecular complexity index is 407. The van der Waals surface area contributed by atoms with Crippen molar-refractivity contribution in [2.45, 2.75) is 18.1 Å². The van der Waals surface area contributed by atoms with Gasteiger partial charge in [0.25, 0.3) is 8.32 Å². The van der Waals surface area contributed by atoms with E-state index in [1.54, 1.807) is 0 Å². The Balaban J connectivity index is 2.76. The number of rotatable bonds is 9. The van der Waals surface area contributed by atoms with Gasteiger partial charge in [0.1, 0.15) is 0 Å². The summed E-state index contributed by atoms with van der Waals surface area (Å²) in [6, 6.07) is 12.9. The van der Waals surface area contributed by atoms with Gasteiger partial charge in [-0.3, -0.25) is 0 Å². The summed E-state index contributed by atoms with van der Waals surface area (Å²) in [7, 11) is -1.89. The molecule has 0 heterocycles. The van der Waals surface area contributed by atoms with Crippen LogP contribution in [0.5, 0.6) is 0 Å². The topological polar surface area (TPSA) is 9.23 Å². The summed E-state index contributed by atoms with van der Waals surface area (Å²) in [6.07, 6.45) is 9.63. The Morgan fingerprint density at radius 3 is 1.89 bits per heavy atom. The first-order valence-electron chi connectivity index (χ1n) is 6.48. The van der Waals surface area contributed by atoms with E-state index in [1.165, 1.54) is 0 Å². The molecular formula is C17H22OSi. The third kappa shape index (κ3) is 5.14. The Hall–Kier alpha value is -1.80. The maximum Gasteiger partial charge on any atom is 0.261 e. The molecule has 0 atom stereocenters. The van der Waals surface area contributed by atoms with E-state index in [-0.39, 0.29) is 0 Å². The molecule has 1 aromatic carbocycles. The highest BCUT2D eigenvalue weighted by molar-refractivity contribution is 6.75. The van der Waals surface area contributed by atoms with E-state index in [9.17, 15) is 0 Å². The number of allylic oxidation sites excluding steroid dienone is 3. The zero-order chi connectivity index (χ0) is 14.0. The number of hydrogen-bond donors (Lipinski definition) is 0. The van der Waals surface area contributed by atoms with Gasteiger partial charge in [0.2, 0.25) is 0 Å². The zero-order valence-corrected chi connectivity index (χ0v) is 12.4. The lowest BCUT2D eigenvalue weighted by molar-refractivity contribution is 0.469. The van der Waals surface area contributed by atoms with Gasteiger partial charge < -0.3 is 4.43 Å². The highest BCUT2D eigenvalue weighted by Gasteiger charge is 2.31. The normalized spacial score (nSPS) is 11.2. The first kappa shape index (κ1) is 15.3. The molecule has 0 aromatic heterocycles. The fourth-order valence-corrected chi connectivity index (χ4v) is 4.73. The largest absolute Gasteiger partial charge is 0.548 e. The summed E-state index contributed by atoms with van der Waals surface area (Å²) >= 11 is 0. The molecule has 0 fully saturated rings. The van der Waals surface area contributed by atoms with Crippen LogP contribution in [0.1, 0.15) is 5.56 Å². The van der Waals surface area contributed by atoms with E-state index in [0.717, 1.165) is 23.7 Å². The third-order valence-corrected chi connectivity index (χ3v) is 6.66. The molecule has 2 heteroatoms. The van der Waals surface area contributed by atoms with Gasteiger partial charge in [-0.2, -0.15) is 0 Å². The van der Waals surface area contributed by atoms with Crippen LogP contribution in [0.25, 0.3) is 6.08 Å². The summed E-state index contributed by atoms with van der Waals surface area (Å²) in [4.78, 5) is 0. The van der Waals surface area contributed by atoms with Crippen LogP contribution < -0.4 is 0 Å². The predicted octanol–water partition coefficient (Wildman–Crippen LogP) is 5.18. The van der Waals surface area contributed by atoms with E-state index >= 15 is 0 Å². The van der Waals surface area contributed by atoms with Crippen LogP contribution in [0, 0.1) is 0 Å². The lowest BCUT2D eigenvalue weighted by atomic mass is 10.2. The Labute approximate surface area is 117 Å². The van der Waals surface area contributed by atoms with Gasteiger partial charge in [-0.25, -0.2) is 0 Å². The van der Waals surface area contributed by atoms with Gasteiger partial charge in [0, 0.05) is 0 Å². The van der Waals surface area contributed by atoms with Gasteiger partial charge >= 0.3 is 0 Å². The van der Waals surface area contributed by atoms with E-state index < -0.39 is 8.32 Å². The second kappa shape index (κ2) is 8.33. The standard InChI is InChI=1S/C17H22OSi/c1-4-14-19(15-5-2,16-6-3)18-13-12-17-10-8-7-9-11-17/h4-13H,1-3,14-16H2. The maximum atomic E-state index is 6.10. The molecule has 0 saturated heterocycles. The average Bonchev–Trinajstić information content (AvgIpc) is 2.41. The van der Waals surface area contributed by atoms with Crippen LogP contribution in [-0.2, 0) is 4.43 Å². The molecule has 100 valence electrons. The van der Waals surface area contributed by atoms with Crippen LogP contribution in [-0.4, -0.2) is 8.32 Å². The number of benzene rings is 1. The van der Waals surface area contributed by atoms with Gasteiger partial charge in [0.15, 0.2) is 0 Å². The molecule has 0 aliphatic rings. The molecule has 0 unspecified atom stereocenters. The van der Waals surface area contributed by atoms with Crippen LogP contribution >= 0.6 is 0 Å². The quantitative estimate of drug-likeness (QED) is 0.341. The Kier molecular flexibility index (Phi) is 6.68. The van der Waals surface area contributed by atoms with Crippen molar-refractivity contribution in [3.8, 4) is 0 Å². The molecule has 0 radical (unpaired) electrons. The number of hydrogen-bond acceptors (Lipinski definition) is 1. The molecule has 0 aliphatic carbocycles. The highest BCUT2D eigenvalue weighted by atomic mass is 28.4. The molecule has 1 aromatic rings. The molecule has 0 aliphatic heterocycles. The summed E-state index contributed by atoms with van der Waals surface area (Å²) < 4.78 is 6.10. The first-order chi connectivity index (χ1) is 9.26. The van der Waals surface area contributed by atoms with E-state index in [1.807, 2.05) is 48.8 Å². The molecule has 0 amide bonds. The van der Waals surface area contributed by atoms with E-state index in [0.29, 0.717) is 0 Å². The lowest BCUT2D eigenvalue weighted by Gasteiger charge is -2.27. The Morgan fingerprint density at radius 2 is 1.42 bits per heavy atom. The van der Waals surface area contributed by atoms with Crippen molar-refractivity contribution >= 4 is 14.4 Å². The second-order valence-electron chi connectivity index (χ2n) is 4.49. The van der Waals surface area contributed by atoms with Crippen molar-refractivity contribution in [3.05, 3.63) is 80.1 Å². The summed E-state index contributed by atoms with van der Waals surface area (Å²) in [5, 5.41) is 0. The fraction of sp³-hybridized carbons (Fsp3) is 0.176. The summed E-state index contributed by atoms with van der Waals surface area (Å²) in [6.45, 7) is 11.5. The first-order valence-corrected chi connectivity index (χ1v) is 9.01. The third-order valence-electron chi connectivity index (χ3n) is 2.93.